The van der Waals surface area contributed by atoms with E-state index in [0.29, 0.717) is 18.4 Å². The maximum absolute atomic E-state index is 12.2. The molecule has 1 aromatic carbocycles. The third-order valence-electron chi connectivity index (χ3n) is 3.96. The highest BCUT2D eigenvalue weighted by molar-refractivity contribution is 5.90. The van der Waals surface area contributed by atoms with E-state index in [4.69, 9.17) is 5.73 Å². The number of carbonyl (C=O) groups is 2. The summed E-state index contributed by atoms with van der Waals surface area (Å²) in [6.45, 7) is 5.17. The molecule has 0 aromatic heterocycles. The zero-order chi connectivity index (χ0) is 16.1. The van der Waals surface area contributed by atoms with Gasteiger partial charge in [0.15, 0.2) is 0 Å². The normalized spacial score (nSPS) is 14.3. The monoisotopic (exact) mass is 292 g/mol. The van der Waals surface area contributed by atoms with Gasteiger partial charge in [0.25, 0.3) is 0 Å². The third-order valence-corrected chi connectivity index (χ3v) is 3.96. The molecule has 0 heterocycles. The lowest BCUT2D eigenvalue weighted by Gasteiger charge is -2.31. The topological polar surface area (TPSA) is 92.4 Å². The molecule has 0 saturated heterocycles. The van der Waals surface area contributed by atoms with Crippen molar-refractivity contribution in [3.8, 4) is 0 Å². The molecule has 21 heavy (non-hydrogen) atoms. The van der Waals surface area contributed by atoms with Gasteiger partial charge in [-0.25, -0.2) is 0 Å². The molecular formula is C16H24N2O3. The molecule has 0 aliphatic rings. The highest BCUT2D eigenvalue weighted by Crippen LogP contribution is 2.25. The molecule has 0 spiro atoms. The van der Waals surface area contributed by atoms with Crippen LogP contribution >= 0.6 is 0 Å². The van der Waals surface area contributed by atoms with Crippen molar-refractivity contribution in [1.29, 1.82) is 0 Å². The Balaban J connectivity index is 2.84. The second kappa shape index (κ2) is 6.72. The Bertz CT molecular complexity index is 494. The molecule has 5 nitrogen and oxygen atoms in total. The molecule has 116 valence electrons. The van der Waals surface area contributed by atoms with E-state index in [9.17, 15) is 14.7 Å². The smallest absolute Gasteiger partial charge is 0.243 e. The lowest BCUT2D eigenvalue weighted by Crippen LogP contribution is -2.57. The van der Waals surface area contributed by atoms with Gasteiger partial charge in [-0.2, -0.15) is 0 Å². The molecule has 1 unspecified atom stereocenters. The second-order valence-corrected chi connectivity index (χ2v) is 5.52. The van der Waals surface area contributed by atoms with Gasteiger partial charge in [-0.05, 0) is 25.3 Å². The summed E-state index contributed by atoms with van der Waals surface area (Å²) in [5, 5.41) is 13.1. The first-order valence-electron chi connectivity index (χ1n) is 7.16. The van der Waals surface area contributed by atoms with E-state index in [0.717, 1.165) is 0 Å². The summed E-state index contributed by atoms with van der Waals surface area (Å²) in [6, 6.07) is 8.95. The summed E-state index contributed by atoms with van der Waals surface area (Å²) in [6.07, 6.45) is 0.697. The number of primary amides is 1. The number of nitrogens with two attached hydrogens (primary N) is 1. The van der Waals surface area contributed by atoms with Crippen molar-refractivity contribution in [3.05, 3.63) is 35.9 Å². The molecular weight excluding hydrogens is 268 g/mol. The average molecular weight is 292 g/mol. The van der Waals surface area contributed by atoms with Crippen molar-refractivity contribution >= 4 is 11.8 Å². The predicted octanol–water partition coefficient (Wildman–Crippen LogP) is 1.44. The van der Waals surface area contributed by atoms with Gasteiger partial charge in [-0.1, -0.05) is 44.2 Å². The quantitative estimate of drug-likeness (QED) is 0.710. The molecule has 0 saturated carbocycles. The Labute approximate surface area is 125 Å². The van der Waals surface area contributed by atoms with Crippen LogP contribution in [0.1, 0.15) is 45.6 Å². The summed E-state index contributed by atoms with van der Waals surface area (Å²) in [4.78, 5) is 23.8. The fourth-order valence-electron chi connectivity index (χ4n) is 2.36. The summed E-state index contributed by atoms with van der Waals surface area (Å²) >= 11 is 0. The third kappa shape index (κ3) is 4.04. The van der Waals surface area contributed by atoms with Crippen molar-refractivity contribution in [2.45, 2.75) is 51.2 Å². The zero-order valence-electron chi connectivity index (χ0n) is 12.8. The van der Waals surface area contributed by atoms with E-state index in [2.05, 4.69) is 5.32 Å². The minimum atomic E-state index is -1.30. The molecule has 1 rings (SSSR count). The number of carbonyl (C=O) groups excluding carboxylic acids is 2. The molecule has 0 aliphatic heterocycles. The van der Waals surface area contributed by atoms with Crippen LogP contribution in [-0.2, 0) is 15.2 Å². The van der Waals surface area contributed by atoms with Gasteiger partial charge >= 0.3 is 0 Å². The number of aliphatic hydroxyl groups is 1. The highest BCUT2D eigenvalue weighted by atomic mass is 16.3. The van der Waals surface area contributed by atoms with Crippen LogP contribution in [0.3, 0.4) is 0 Å². The summed E-state index contributed by atoms with van der Waals surface area (Å²) < 4.78 is 0. The van der Waals surface area contributed by atoms with Crippen molar-refractivity contribution in [1.82, 2.24) is 5.32 Å². The zero-order valence-corrected chi connectivity index (χ0v) is 12.8. The highest BCUT2D eigenvalue weighted by Gasteiger charge is 2.36. The SMILES string of the molecule is CCC(CC)(NC(=O)CC(C)(O)c1ccccc1)C(N)=O. The first-order valence-corrected chi connectivity index (χ1v) is 7.16. The van der Waals surface area contributed by atoms with Crippen LogP contribution < -0.4 is 11.1 Å². The molecule has 2 amide bonds. The lowest BCUT2D eigenvalue weighted by atomic mass is 9.89. The van der Waals surface area contributed by atoms with E-state index in [1.54, 1.807) is 45.0 Å². The molecule has 0 aliphatic carbocycles. The number of hydrogen-bond donors (Lipinski definition) is 3. The Morgan fingerprint density at radius 3 is 2.14 bits per heavy atom. The molecule has 5 heteroatoms. The molecule has 0 bridgehead atoms. The van der Waals surface area contributed by atoms with Crippen LogP contribution in [0.4, 0.5) is 0 Å². The van der Waals surface area contributed by atoms with E-state index in [1.165, 1.54) is 0 Å². The Morgan fingerprint density at radius 2 is 1.71 bits per heavy atom. The van der Waals surface area contributed by atoms with Crippen LogP contribution in [0.2, 0.25) is 0 Å². The summed E-state index contributed by atoms with van der Waals surface area (Å²) in [5.41, 5.74) is 3.70. The fraction of sp³-hybridized carbons (Fsp3) is 0.500. The lowest BCUT2D eigenvalue weighted by molar-refractivity contribution is -0.134. The molecule has 1 atom stereocenters. The van der Waals surface area contributed by atoms with Gasteiger partial charge in [-0.3, -0.25) is 9.59 Å². The van der Waals surface area contributed by atoms with Gasteiger partial charge in [0.05, 0.1) is 12.0 Å². The van der Waals surface area contributed by atoms with Crippen LogP contribution in [0.5, 0.6) is 0 Å². The van der Waals surface area contributed by atoms with E-state index in [-0.39, 0.29) is 6.42 Å². The second-order valence-electron chi connectivity index (χ2n) is 5.52. The van der Waals surface area contributed by atoms with Crippen LogP contribution in [0, 0.1) is 0 Å². The number of benzene rings is 1. The summed E-state index contributed by atoms with van der Waals surface area (Å²) in [7, 11) is 0. The predicted molar refractivity (Wildman–Crippen MR) is 81.3 cm³/mol. The minimum absolute atomic E-state index is 0.133. The maximum Gasteiger partial charge on any atom is 0.243 e. The Hall–Kier alpha value is -1.88. The standard InChI is InChI=1S/C16H24N2O3/c1-4-16(5-2,14(17)20)18-13(19)11-15(3,21)12-9-7-6-8-10-12/h6-10,21H,4-5,11H2,1-3H3,(H2,17,20)(H,18,19). The average Bonchev–Trinajstić information content (AvgIpc) is 2.45. The van der Waals surface area contributed by atoms with Crippen LogP contribution in [-0.4, -0.2) is 22.5 Å². The van der Waals surface area contributed by atoms with Gasteiger partial charge in [-0.15, -0.1) is 0 Å². The van der Waals surface area contributed by atoms with Crippen molar-refractivity contribution in [2.75, 3.05) is 0 Å². The fourth-order valence-corrected chi connectivity index (χ4v) is 2.36. The van der Waals surface area contributed by atoms with Gasteiger partial charge in [0.2, 0.25) is 11.8 Å². The van der Waals surface area contributed by atoms with Gasteiger partial charge in [0.1, 0.15) is 5.54 Å². The molecule has 0 fully saturated rings. The summed E-state index contributed by atoms with van der Waals surface area (Å²) in [5.74, 6) is -0.952. The number of hydrogen-bond acceptors (Lipinski definition) is 3. The number of nitrogens with one attached hydrogen (secondary N) is 1. The van der Waals surface area contributed by atoms with Crippen molar-refractivity contribution < 1.29 is 14.7 Å². The van der Waals surface area contributed by atoms with Crippen LogP contribution in [0.15, 0.2) is 30.3 Å². The van der Waals surface area contributed by atoms with Crippen molar-refractivity contribution in [3.63, 3.8) is 0 Å². The maximum atomic E-state index is 12.2. The Kier molecular flexibility index (Phi) is 5.49. The molecule has 0 radical (unpaired) electrons. The van der Waals surface area contributed by atoms with E-state index < -0.39 is 23.0 Å². The molecule has 4 N–H and O–H groups in total. The first kappa shape index (κ1) is 17.2. The van der Waals surface area contributed by atoms with Gasteiger partial charge < -0.3 is 16.2 Å². The van der Waals surface area contributed by atoms with Gasteiger partial charge in [0, 0.05) is 0 Å². The largest absolute Gasteiger partial charge is 0.385 e. The van der Waals surface area contributed by atoms with Crippen LogP contribution in [0.25, 0.3) is 0 Å². The first-order chi connectivity index (χ1) is 9.77. The van der Waals surface area contributed by atoms with Crippen molar-refractivity contribution in [2.24, 2.45) is 5.73 Å². The minimum Gasteiger partial charge on any atom is -0.385 e. The Morgan fingerprint density at radius 1 is 1.19 bits per heavy atom. The van der Waals surface area contributed by atoms with E-state index >= 15 is 0 Å². The number of amides is 2. The van der Waals surface area contributed by atoms with E-state index in [1.807, 2.05) is 6.07 Å². The number of rotatable bonds is 7. The molecule has 1 aromatic rings.